The molecule has 0 unspecified atom stereocenters. The quantitative estimate of drug-likeness (QED) is 0.404. The van der Waals surface area contributed by atoms with Crippen LogP contribution < -0.4 is 10.3 Å². The minimum Gasteiger partial charge on any atom is -0.461 e. The summed E-state index contributed by atoms with van der Waals surface area (Å²) in [7, 11) is 0. The lowest BCUT2D eigenvalue weighted by molar-refractivity contribution is -0.135. The lowest BCUT2D eigenvalue weighted by Crippen LogP contribution is -2.28. The van der Waals surface area contributed by atoms with Crippen molar-refractivity contribution in [2.45, 2.75) is 32.2 Å². The second-order valence-electron chi connectivity index (χ2n) is 7.04. The van der Waals surface area contributed by atoms with Crippen molar-refractivity contribution in [3.05, 3.63) is 70.3 Å². The van der Waals surface area contributed by atoms with Gasteiger partial charge in [0.1, 0.15) is 23.6 Å². The molecule has 0 aliphatic heterocycles. The third-order valence-corrected chi connectivity index (χ3v) is 5.20. The summed E-state index contributed by atoms with van der Waals surface area (Å²) in [4.78, 5) is 24.9. The molecule has 2 aromatic heterocycles. The van der Waals surface area contributed by atoms with Crippen LogP contribution in [0.25, 0.3) is 21.7 Å². The number of aromatic nitrogens is 2. The zero-order valence-electron chi connectivity index (χ0n) is 15.2. The number of aryl methyl sites for hydroxylation is 2. The van der Waals surface area contributed by atoms with Gasteiger partial charge in [0.15, 0.2) is 0 Å². The van der Waals surface area contributed by atoms with E-state index in [1.54, 1.807) is 24.4 Å². The van der Waals surface area contributed by atoms with Crippen LogP contribution in [0.4, 0.5) is 0 Å². The molecule has 0 atom stereocenters. The summed E-state index contributed by atoms with van der Waals surface area (Å²) in [6, 6.07) is 12.5. The number of furan rings is 1. The summed E-state index contributed by atoms with van der Waals surface area (Å²) >= 11 is 0. The average molecular weight is 374 g/mol. The number of hydrogen-bond donors (Lipinski definition) is 0. The molecule has 0 amide bonds. The van der Waals surface area contributed by atoms with E-state index in [1.807, 2.05) is 24.3 Å². The SMILES string of the molecule is O=C(Cn1ncc2ccccc2c1=O)Oc1ccc2oc3c(c2c1)CCCC3. The highest BCUT2D eigenvalue weighted by atomic mass is 16.5. The predicted octanol–water partition coefficient (Wildman–Crippen LogP) is 3.63. The van der Waals surface area contributed by atoms with Gasteiger partial charge in [-0.1, -0.05) is 18.2 Å². The van der Waals surface area contributed by atoms with E-state index in [0.717, 1.165) is 52.5 Å². The van der Waals surface area contributed by atoms with Gasteiger partial charge in [-0.25, -0.2) is 9.48 Å². The van der Waals surface area contributed by atoms with Crippen LogP contribution in [-0.4, -0.2) is 15.7 Å². The van der Waals surface area contributed by atoms with Gasteiger partial charge in [0, 0.05) is 22.8 Å². The van der Waals surface area contributed by atoms with Gasteiger partial charge in [-0.15, -0.1) is 0 Å². The predicted molar refractivity (Wildman–Crippen MR) is 104 cm³/mol. The van der Waals surface area contributed by atoms with E-state index in [-0.39, 0.29) is 12.1 Å². The molecule has 28 heavy (non-hydrogen) atoms. The molecule has 0 radical (unpaired) electrons. The number of esters is 1. The minimum absolute atomic E-state index is 0.245. The highest BCUT2D eigenvalue weighted by Gasteiger charge is 2.19. The normalized spacial score (nSPS) is 13.6. The van der Waals surface area contributed by atoms with Crippen LogP contribution in [0.3, 0.4) is 0 Å². The number of hydrogen-bond acceptors (Lipinski definition) is 5. The zero-order valence-corrected chi connectivity index (χ0v) is 15.2. The largest absolute Gasteiger partial charge is 0.461 e. The molecule has 0 fully saturated rings. The van der Waals surface area contributed by atoms with E-state index in [4.69, 9.17) is 9.15 Å². The fourth-order valence-electron chi connectivity index (χ4n) is 3.83. The van der Waals surface area contributed by atoms with Gasteiger partial charge in [-0.05, 0) is 43.5 Å². The Labute approximate surface area is 160 Å². The van der Waals surface area contributed by atoms with Crippen LogP contribution in [0, 0.1) is 0 Å². The van der Waals surface area contributed by atoms with Gasteiger partial charge in [0.2, 0.25) is 0 Å². The second kappa shape index (κ2) is 6.64. The third kappa shape index (κ3) is 2.87. The molecule has 2 aromatic carbocycles. The maximum Gasteiger partial charge on any atom is 0.333 e. The summed E-state index contributed by atoms with van der Waals surface area (Å²) in [6.45, 7) is -0.245. The average Bonchev–Trinajstić information content (AvgIpc) is 3.08. The lowest BCUT2D eigenvalue weighted by atomic mass is 9.96. The first-order valence-electron chi connectivity index (χ1n) is 9.39. The van der Waals surface area contributed by atoms with Crippen LogP contribution in [0.5, 0.6) is 5.75 Å². The lowest BCUT2D eigenvalue weighted by Gasteiger charge is -2.09. The molecule has 5 rings (SSSR count). The van der Waals surface area contributed by atoms with Crippen molar-refractivity contribution < 1.29 is 13.9 Å². The number of carbonyl (C=O) groups is 1. The maximum atomic E-state index is 12.5. The Kier molecular flexibility index (Phi) is 3.97. The summed E-state index contributed by atoms with van der Waals surface area (Å²) in [5.41, 5.74) is 1.72. The molecular weight excluding hydrogens is 356 g/mol. The van der Waals surface area contributed by atoms with Crippen molar-refractivity contribution in [1.29, 1.82) is 0 Å². The van der Waals surface area contributed by atoms with E-state index in [0.29, 0.717) is 11.1 Å². The van der Waals surface area contributed by atoms with E-state index in [9.17, 15) is 9.59 Å². The monoisotopic (exact) mass is 374 g/mol. The van der Waals surface area contributed by atoms with Crippen molar-refractivity contribution in [3.8, 4) is 5.75 Å². The number of nitrogens with zero attached hydrogens (tertiary/aromatic N) is 2. The smallest absolute Gasteiger partial charge is 0.333 e. The molecule has 0 saturated heterocycles. The fourth-order valence-corrected chi connectivity index (χ4v) is 3.83. The molecule has 0 N–H and O–H groups in total. The van der Waals surface area contributed by atoms with Crippen molar-refractivity contribution >= 4 is 27.7 Å². The fraction of sp³-hybridized carbons (Fsp3) is 0.227. The topological polar surface area (TPSA) is 74.3 Å². The summed E-state index contributed by atoms with van der Waals surface area (Å²) in [5.74, 6) is 0.943. The first-order chi connectivity index (χ1) is 13.7. The van der Waals surface area contributed by atoms with Crippen LogP contribution in [0.15, 0.2) is 57.9 Å². The van der Waals surface area contributed by atoms with Crippen molar-refractivity contribution in [2.24, 2.45) is 0 Å². The molecule has 1 aliphatic rings. The van der Waals surface area contributed by atoms with Gasteiger partial charge in [-0.3, -0.25) is 4.79 Å². The van der Waals surface area contributed by atoms with Crippen LogP contribution in [0.2, 0.25) is 0 Å². The molecule has 6 nitrogen and oxygen atoms in total. The Bertz CT molecular complexity index is 1270. The Hall–Kier alpha value is -3.41. The van der Waals surface area contributed by atoms with Crippen LogP contribution >= 0.6 is 0 Å². The number of benzene rings is 2. The third-order valence-electron chi connectivity index (χ3n) is 5.20. The first kappa shape index (κ1) is 16.7. The Morgan fingerprint density at radius 3 is 2.89 bits per heavy atom. The van der Waals surface area contributed by atoms with Crippen molar-refractivity contribution in [2.75, 3.05) is 0 Å². The zero-order chi connectivity index (χ0) is 19.1. The van der Waals surface area contributed by atoms with E-state index >= 15 is 0 Å². The van der Waals surface area contributed by atoms with Crippen molar-refractivity contribution in [1.82, 2.24) is 9.78 Å². The number of ether oxygens (including phenoxy) is 1. The number of fused-ring (bicyclic) bond motifs is 4. The van der Waals surface area contributed by atoms with Gasteiger partial charge < -0.3 is 9.15 Å². The molecule has 0 saturated carbocycles. The molecule has 0 spiro atoms. The Morgan fingerprint density at radius 2 is 1.96 bits per heavy atom. The molecule has 6 heteroatoms. The van der Waals surface area contributed by atoms with Crippen LogP contribution in [-0.2, 0) is 24.2 Å². The van der Waals surface area contributed by atoms with E-state index in [2.05, 4.69) is 5.10 Å². The molecule has 1 aliphatic carbocycles. The highest BCUT2D eigenvalue weighted by molar-refractivity contribution is 5.85. The molecule has 4 aromatic rings. The summed E-state index contributed by atoms with van der Waals surface area (Å²) in [5, 5.41) is 6.34. The standard InChI is InChI=1S/C22H18N2O4/c25-21(13-24-22(26)16-6-2-1-5-14(16)12-23-24)27-15-9-10-20-18(11-15)17-7-3-4-8-19(17)28-20/h1-2,5-6,9-12H,3-4,7-8,13H2. The van der Waals surface area contributed by atoms with Gasteiger partial charge in [0.25, 0.3) is 5.56 Å². The Morgan fingerprint density at radius 1 is 1.11 bits per heavy atom. The summed E-state index contributed by atoms with van der Waals surface area (Å²) in [6.07, 6.45) is 5.80. The molecule has 2 heterocycles. The minimum atomic E-state index is -0.540. The van der Waals surface area contributed by atoms with Crippen LogP contribution in [0.1, 0.15) is 24.2 Å². The number of rotatable bonds is 3. The second-order valence-corrected chi connectivity index (χ2v) is 7.04. The molecule has 0 bridgehead atoms. The highest BCUT2D eigenvalue weighted by Crippen LogP contribution is 2.33. The maximum absolute atomic E-state index is 12.5. The van der Waals surface area contributed by atoms with E-state index < -0.39 is 5.97 Å². The van der Waals surface area contributed by atoms with E-state index in [1.165, 1.54) is 5.56 Å². The van der Waals surface area contributed by atoms with Gasteiger partial charge in [-0.2, -0.15) is 5.10 Å². The van der Waals surface area contributed by atoms with Gasteiger partial charge in [0.05, 0.1) is 11.6 Å². The number of carbonyl (C=O) groups excluding carboxylic acids is 1. The first-order valence-corrected chi connectivity index (χ1v) is 9.39. The molecule has 140 valence electrons. The van der Waals surface area contributed by atoms with Crippen molar-refractivity contribution in [3.63, 3.8) is 0 Å². The Balaban J connectivity index is 1.40. The van der Waals surface area contributed by atoms with Gasteiger partial charge >= 0.3 is 5.97 Å². The molecular formula is C22H18N2O4. The summed E-state index contributed by atoms with van der Waals surface area (Å²) < 4.78 is 12.5.